The second kappa shape index (κ2) is 12.1. The van der Waals surface area contributed by atoms with Crippen molar-refractivity contribution in [3.8, 4) is 11.5 Å². The summed E-state index contributed by atoms with van der Waals surface area (Å²) in [6.45, 7) is 0.0274. The lowest BCUT2D eigenvalue weighted by Crippen LogP contribution is -2.38. The molecule has 1 aliphatic rings. The van der Waals surface area contributed by atoms with E-state index >= 15 is 0 Å². The summed E-state index contributed by atoms with van der Waals surface area (Å²) >= 11 is 0. The quantitative estimate of drug-likeness (QED) is 0.231. The number of methoxy groups -OCH3 is 2. The largest absolute Gasteiger partial charge is 0.497 e. The van der Waals surface area contributed by atoms with E-state index in [4.69, 9.17) is 18.9 Å². The molecule has 0 spiro atoms. The molecule has 1 saturated heterocycles. The topological polar surface area (TPSA) is 124 Å². The van der Waals surface area contributed by atoms with E-state index in [9.17, 15) is 9.90 Å². The van der Waals surface area contributed by atoms with Crippen molar-refractivity contribution < 1.29 is 24.1 Å². The Balaban J connectivity index is 1.37. The summed E-state index contributed by atoms with van der Waals surface area (Å²) in [5, 5.41) is 11.2. The molecule has 11 nitrogen and oxygen atoms in total. The first-order valence-electron chi connectivity index (χ1n) is 14.3. The van der Waals surface area contributed by atoms with Gasteiger partial charge in [-0.3, -0.25) is 0 Å². The van der Waals surface area contributed by atoms with Gasteiger partial charge in [-0.15, -0.1) is 0 Å². The number of H-pyrrole nitrogens is 1. The lowest BCUT2D eigenvalue weighted by atomic mass is 9.80. The van der Waals surface area contributed by atoms with Crippen molar-refractivity contribution >= 4 is 17.0 Å². The minimum atomic E-state index is -1.08. The molecule has 2 N–H and O–H groups in total. The molecule has 44 heavy (non-hydrogen) atoms. The van der Waals surface area contributed by atoms with Gasteiger partial charge >= 0.3 is 5.69 Å². The van der Waals surface area contributed by atoms with Gasteiger partial charge in [-0.1, -0.05) is 54.6 Å². The number of aliphatic hydroxyl groups is 1. The molecule has 11 heteroatoms. The highest BCUT2D eigenvalue weighted by molar-refractivity contribution is 5.83. The predicted molar refractivity (Wildman–Crippen MR) is 165 cm³/mol. The third-order valence-corrected chi connectivity index (χ3v) is 8.04. The summed E-state index contributed by atoms with van der Waals surface area (Å²) in [5.41, 5.74) is 2.05. The van der Waals surface area contributed by atoms with Crippen molar-refractivity contribution in [3.63, 3.8) is 0 Å². The van der Waals surface area contributed by atoms with Gasteiger partial charge in [-0.25, -0.2) is 19.3 Å². The molecule has 1 fully saturated rings. The van der Waals surface area contributed by atoms with Crippen molar-refractivity contribution in [2.75, 3.05) is 39.8 Å². The van der Waals surface area contributed by atoms with E-state index in [1.54, 1.807) is 19.1 Å². The van der Waals surface area contributed by atoms with Crippen LogP contribution < -0.4 is 20.1 Å². The minimum absolute atomic E-state index is 0.0274. The fraction of sp³-hybridized carbons (Fsp3) is 0.303. The van der Waals surface area contributed by atoms with Crippen molar-refractivity contribution in [2.24, 2.45) is 0 Å². The second-order valence-electron chi connectivity index (χ2n) is 10.8. The van der Waals surface area contributed by atoms with E-state index in [2.05, 4.69) is 15.0 Å². The standard InChI is InChI=1S/C33H35N5O6/c1-37(2)30-29-31(35-20-34-30)38(32(40)36-29)28-18-26(39)27(44-28)19-43-33(21-8-6-5-7-9-21,22-10-14-24(41-3)15-11-22)23-12-16-25(42-4)17-13-23/h5-17,20,26-28,39H,18-19H2,1-4H3,(H,36,40)/t26-,27+,28+/m0/s1. The van der Waals surface area contributed by atoms with Gasteiger partial charge in [-0.05, 0) is 41.0 Å². The number of rotatable bonds is 10. The smallest absolute Gasteiger partial charge is 0.329 e. The fourth-order valence-electron chi connectivity index (χ4n) is 5.84. The molecule has 3 heterocycles. The van der Waals surface area contributed by atoms with Crippen LogP contribution in [0.4, 0.5) is 5.82 Å². The van der Waals surface area contributed by atoms with Crippen molar-refractivity contribution in [1.82, 2.24) is 19.5 Å². The van der Waals surface area contributed by atoms with Crippen LogP contribution in [-0.2, 0) is 15.1 Å². The molecule has 2 aromatic heterocycles. The van der Waals surface area contributed by atoms with Crippen LogP contribution in [0.25, 0.3) is 11.2 Å². The fourth-order valence-corrected chi connectivity index (χ4v) is 5.84. The predicted octanol–water partition coefficient (Wildman–Crippen LogP) is 3.86. The number of hydrogen-bond donors (Lipinski definition) is 2. The minimum Gasteiger partial charge on any atom is -0.497 e. The van der Waals surface area contributed by atoms with E-state index in [-0.39, 0.29) is 13.0 Å². The van der Waals surface area contributed by atoms with E-state index < -0.39 is 29.7 Å². The van der Waals surface area contributed by atoms with Crippen molar-refractivity contribution in [2.45, 2.75) is 30.5 Å². The van der Waals surface area contributed by atoms with E-state index in [1.807, 2.05) is 93.0 Å². The van der Waals surface area contributed by atoms with Gasteiger partial charge in [0.05, 0.1) is 26.9 Å². The van der Waals surface area contributed by atoms with Gasteiger partial charge in [0.2, 0.25) is 0 Å². The number of fused-ring (bicyclic) bond motifs is 1. The van der Waals surface area contributed by atoms with Crippen LogP contribution in [0.3, 0.4) is 0 Å². The normalized spacial score (nSPS) is 18.4. The molecule has 0 amide bonds. The maximum absolute atomic E-state index is 13.1. The SMILES string of the molecule is COc1ccc(C(OC[C@H]2O[C@@H](n3c(=O)[nH]c4c(N(C)C)ncnc43)C[C@@H]2O)(c2ccccc2)c2ccc(OC)cc2)cc1. The van der Waals surface area contributed by atoms with Crippen LogP contribution in [0.1, 0.15) is 29.3 Å². The molecule has 228 valence electrons. The number of benzene rings is 3. The van der Waals surface area contributed by atoms with Gasteiger partial charge in [0.1, 0.15) is 41.3 Å². The Morgan fingerprint density at radius 3 is 2.09 bits per heavy atom. The van der Waals surface area contributed by atoms with Gasteiger partial charge in [-0.2, -0.15) is 0 Å². The molecule has 3 aromatic carbocycles. The molecule has 0 aliphatic carbocycles. The second-order valence-corrected chi connectivity index (χ2v) is 10.8. The van der Waals surface area contributed by atoms with Crippen LogP contribution in [0.5, 0.6) is 11.5 Å². The zero-order valence-electron chi connectivity index (χ0n) is 25.0. The molecular formula is C33H35N5O6. The number of ether oxygens (including phenoxy) is 4. The van der Waals surface area contributed by atoms with E-state index in [0.29, 0.717) is 28.5 Å². The summed E-state index contributed by atoms with van der Waals surface area (Å²) < 4.78 is 25.6. The third-order valence-electron chi connectivity index (χ3n) is 8.04. The number of nitrogens with one attached hydrogen (secondary N) is 1. The first-order chi connectivity index (χ1) is 21.3. The number of aromatic amines is 1. The highest BCUT2D eigenvalue weighted by Crippen LogP contribution is 2.43. The molecule has 0 unspecified atom stereocenters. The van der Waals surface area contributed by atoms with Crippen LogP contribution >= 0.6 is 0 Å². The highest BCUT2D eigenvalue weighted by atomic mass is 16.6. The Hall–Kier alpha value is -4.71. The summed E-state index contributed by atoms with van der Waals surface area (Å²) in [4.78, 5) is 26.4. The number of aliphatic hydroxyl groups excluding tert-OH is 1. The Morgan fingerprint density at radius 1 is 0.932 bits per heavy atom. The van der Waals surface area contributed by atoms with Crippen molar-refractivity contribution in [3.05, 3.63) is 112 Å². The van der Waals surface area contributed by atoms with Crippen LogP contribution in [0, 0.1) is 0 Å². The molecular weight excluding hydrogens is 562 g/mol. The number of nitrogens with zero attached hydrogens (tertiary/aromatic N) is 4. The van der Waals surface area contributed by atoms with Gasteiger partial charge in [0.25, 0.3) is 0 Å². The van der Waals surface area contributed by atoms with Gasteiger partial charge < -0.3 is 33.9 Å². The zero-order chi connectivity index (χ0) is 30.8. The first kappa shape index (κ1) is 29.4. The third kappa shape index (κ3) is 5.19. The summed E-state index contributed by atoms with van der Waals surface area (Å²) in [7, 11) is 6.93. The average molecular weight is 598 g/mol. The molecule has 5 aromatic rings. The maximum Gasteiger partial charge on any atom is 0.329 e. The van der Waals surface area contributed by atoms with Crippen LogP contribution in [0.2, 0.25) is 0 Å². The number of aromatic nitrogens is 4. The van der Waals surface area contributed by atoms with E-state index in [0.717, 1.165) is 16.7 Å². The van der Waals surface area contributed by atoms with Gasteiger partial charge in [0, 0.05) is 20.5 Å². The maximum atomic E-state index is 13.1. The van der Waals surface area contributed by atoms with Crippen LogP contribution in [-0.4, -0.2) is 71.8 Å². The molecule has 0 bridgehead atoms. The molecule has 6 rings (SSSR count). The lowest BCUT2D eigenvalue weighted by molar-refractivity contribution is -0.0935. The number of hydrogen-bond acceptors (Lipinski definition) is 9. The Bertz CT molecular complexity index is 1720. The summed E-state index contributed by atoms with van der Waals surface area (Å²) in [6.07, 6.45) is -0.784. The Labute approximate surface area is 254 Å². The summed E-state index contributed by atoms with van der Waals surface area (Å²) in [5.74, 6) is 2.01. The Kier molecular flexibility index (Phi) is 8.09. The van der Waals surface area contributed by atoms with E-state index in [1.165, 1.54) is 10.9 Å². The zero-order valence-corrected chi connectivity index (χ0v) is 25.0. The Morgan fingerprint density at radius 2 is 1.52 bits per heavy atom. The molecule has 0 saturated carbocycles. The van der Waals surface area contributed by atoms with Crippen LogP contribution in [0.15, 0.2) is 90.0 Å². The first-order valence-corrected chi connectivity index (χ1v) is 14.3. The summed E-state index contributed by atoms with van der Waals surface area (Å²) in [6, 6.07) is 25.4. The lowest BCUT2D eigenvalue weighted by Gasteiger charge is -2.37. The van der Waals surface area contributed by atoms with Crippen molar-refractivity contribution in [1.29, 1.82) is 0 Å². The van der Waals surface area contributed by atoms with Gasteiger partial charge in [0.15, 0.2) is 11.5 Å². The average Bonchev–Trinajstić information content (AvgIpc) is 3.59. The number of imidazole rings is 1. The molecule has 1 aliphatic heterocycles. The highest BCUT2D eigenvalue weighted by Gasteiger charge is 2.42. The molecule has 0 radical (unpaired) electrons. The molecule has 3 atom stereocenters. The number of anilines is 1. The monoisotopic (exact) mass is 597 g/mol.